The van der Waals surface area contributed by atoms with E-state index in [1.54, 1.807) is 0 Å². The van der Waals surface area contributed by atoms with E-state index in [4.69, 9.17) is 17.2 Å². The molecule has 10 N–H and O–H groups in total. The van der Waals surface area contributed by atoms with Crippen LogP contribution >= 0.6 is 0 Å². The van der Waals surface area contributed by atoms with Gasteiger partial charge in [-0.25, -0.2) is 4.79 Å². The highest BCUT2D eigenvalue weighted by Gasteiger charge is 2.29. The minimum absolute atomic E-state index is 0.250. The van der Waals surface area contributed by atoms with Gasteiger partial charge in [-0.05, 0) is 64.5 Å². The highest BCUT2D eigenvalue weighted by Crippen LogP contribution is 2.08. The molecule has 35 heavy (non-hydrogen) atoms. The van der Waals surface area contributed by atoms with Crippen LogP contribution < -0.4 is 33.2 Å². The van der Waals surface area contributed by atoms with Crippen LogP contribution in [0, 0.1) is 0 Å². The maximum absolute atomic E-state index is 13.1. The molecule has 204 valence electrons. The Balaban J connectivity index is 5.37. The summed E-state index contributed by atoms with van der Waals surface area (Å²) in [5.41, 5.74) is 17.0. The summed E-state index contributed by atoms with van der Waals surface area (Å²) in [6.07, 6.45) is 7.15. The number of hydrogen-bond donors (Lipinski definition) is 7. The Labute approximate surface area is 209 Å². The topological polar surface area (TPSA) is 203 Å². The van der Waals surface area contributed by atoms with Gasteiger partial charge in [0.05, 0.1) is 6.04 Å². The van der Waals surface area contributed by atoms with Gasteiger partial charge in [0.15, 0.2) is 0 Å². The fourth-order valence-corrected chi connectivity index (χ4v) is 3.57. The third kappa shape index (κ3) is 14.7. The van der Waals surface area contributed by atoms with Crippen molar-refractivity contribution >= 4 is 23.7 Å². The fraction of sp³-hybridized carbons (Fsp3) is 0.833. The Morgan fingerprint density at radius 2 is 1.03 bits per heavy atom. The SMILES string of the molecule is CCCCC(N)C(=O)N[C@@H](CCCCN)C(=O)NC(CCCC)C(=O)N[C@@H](CCCCN)C(=O)O. The van der Waals surface area contributed by atoms with Gasteiger partial charge >= 0.3 is 5.97 Å². The van der Waals surface area contributed by atoms with Crippen molar-refractivity contribution in [1.29, 1.82) is 0 Å². The third-order valence-electron chi connectivity index (χ3n) is 5.83. The van der Waals surface area contributed by atoms with Crippen LogP contribution in [-0.4, -0.2) is 66.1 Å². The monoisotopic (exact) mass is 500 g/mol. The Hall–Kier alpha value is -2.24. The van der Waals surface area contributed by atoms with Gasteiger partial charge in [-0.2, -0.15) is 0 Å². The minimum atomic E-state index is -1.14. The number of carbonyl (C=O) groups is 4. The molecule has 0 aromatic carbocycles. The first-order valence-electron chi connectivity index (χ1n) is 13.0. The van der Waals surface area contributed by atoms with Crippen molar-refractivity contribution in [2.75, 3.05) is 13.1 Å². The lowest BCUT2D eigenvalue weighted by Gasteiger charge is -2.25. The van der Waals surface area contributed by atoms with E-state index >= 15 is 0 Å². The molecular weight excluding hydrogens is 452 g/mol. The van der Waals surface area contributed by atoms with Crippen molar-refractivity contribution in [3.05, 3.63) is 0 Å². The summed E-state index contributed by atoms with van der Waals surface area (Å²) in [6.45, 7) is 4.86. The fourth-order valence-electron chi connectivity index (χ4n) is 3.57. The maximum Gasteiger partial charge on any atom is 0.326 e. The Bertz CT molecular complexity index is 634. The van der Waals surface area contributed by atoms with Gasteiger partial charge in [0.1, 0.15) is 18.1 Å². The number of amides is 3. The molecule has 0 radical (unpaired) electrons. The minimum Gasteiger partial charge on any atom is -0.480 e. The van der Waals surface area contributed by atoms with Gasteiger partial charge in [0.2, 0.25) is 17.7 Å². The van der Waals surface area contributed by atoms with Crippen LogP contribution in [0.3, 0.4) is 0 Å². The molecule has 0 bridgehead atoms. The molecule has 0 aliphatic carbocycles. The van der Waals surface area contributed by atoms with Gasteiger partial charge < -0.3 is 38.3 Å². The van der Waals surface area contributed by atoms with Gasteiger partial charge in [0, 0.05) is 0 Å². The van der Waals surface area contributed by atoms with Crippen molar-refractivity contribution in [2.24, 2.45) is 17.2 Å². The molecule has 0 aromatic heterocycles. The van der Waals surface area contributed by atoms with Crippen molar-refractivity contribution in [2.45, 2.75) is 115 Å². The molecule has 0 aliphatic heterocycles. The smallest absolute Gasteiger partial charge is 0.326 e. The summed E-state index contributed by atoms with van der Waals surface area (Å²) in [5.74, 6) is -2.60. The quantitative estimate of drug-likeness (QED) is 0.110. The maximum atomic E-state index is 13.1. The van der Waals surface area contributed by atoms with E-state index in [9.17, 15) is 24.3 Å². The first kappa shape index (κ1) is 32.8. The molecule has 0 aliphatic rings. The van der Waals surface area contributed by atoms with Gasteiger partial charge in [0.25, 0.3) is 0 Å². The lowest BCUT2D eigenvalue weighted by molar-refractivity contribution is -0.142. The van der Waals surface area contributed by atoms with Crippen molar-refractivity contribution in [3.8, 4) is 0 Å². The second-order valence-electron chi connectivity index (χ2n) is 8.98. The van der Waals surface area contributed by atoms with E-state index in [1.807, 2.05) is 13.8 Å². The largest absolute Gasteiger partial charge is 0.480 e. The van der Waals surface area contributed by atoms with E-state index in [1.165, 1.54) is 0 Å². The van der Waals surface area contributed by atoms with Crippen molar-refractivity contribution in [1.82, 2.24) is 16.0 Å². The van der Waals surface area contributed by atoms with Crippen LogP contribution in [0.1, 0.15) is 90.9 Å². The molecular formula is C24H48N6O5. The molecule has 0 rings (SSSR count). The van der Waals surface area contributed by atoms with E-state index in [-0.39, 0.29) is 6.42 Å². The molecule has 4 atom stereocenters. The van der Waals surface area contributed by atoms with Crippen molar-refractivity contribution in [3.63, 3.8) is 0 Å². The zero-order valence-corrected chi connectivity index (χ0v) is 21.5. The molecule has 3 amide bonds. The number of carbonyl (C=O) groups excluding carboxylic acids is 3. The second-order valence-corrected chi connectivity index (χ2v) is 8.98. The van der Waals surface area contributed by atoms with Gasteiger partial charge in [-0.1, -0.05) is 39.5 Å². The Morgan fingerprint density at radius 1 is 0.629 bits per heavy atom. The number of aliphatic carboxylic acids is 1. The van der Waals surface area contributed by atoms with E-state index in [0.29, 0.717) is 64.5 Å². The Morgan fingerprint density at radius 3 is 1.49 bits per heavy atom. The molecule has 2 unspecified atom stereocenters. The first-order valence-corrected chi connectivity index (χ1v) is 13.0. The van der Waals surface area contributed by atoms with E-state index in [2.05, 4.69) is 16.0 Å². The Kier molecular flexibility index (Phi) is 18.7. The summed E-state index contributed by atoms with van der Waals surface area (Å²) in [4.78, 5) is 50.2. The summed E-state index contributed by atoms with van der Waals surface area (Å²) in [6, 6.07) is -3.56. The molecule has 11 nitrogen and oxygen atoms in total. The van der Waals surface area contributed by atoms with Crippen LogP contribution in [0.15, 0.2) is 0 Å². The number of carboxylic acids is 1. The standard InChI is InChI=1S/C24H48N6O5/c1-3-5-11-17(27)21(31)28-19(13-7-9-15-25)22(32)29-18(12-6-4-2)23(33)30-20(24(34)35)14-8-10-16-26/h17-20H,3-16,25-27H2,1-2H3,(H,28,31)(H,29,32)(H,30,33)(H,34,35)/t17?,18?,19-,20-/m0/s1. The first-order chi connectivity index (χ1) is 16.7. The third-order valence-corrected chi connectivity index (χ3v) is 5.83. The van der Waals surface area contributed by atoms with Crippen LogP contribution in [0.4, 0.5) is 0 Å². The van der Waals surface area contributed by atoms with Crippen LogP contribution in [0.5, 0.6) is 0 Å². The summed E-state index contributed by atoms with van der Waals surface area (Å²) < 4.78 is 0. The number of rotatable bonds is 21. The number of nitrogens with one attached hydrogen (secondary N) is 3. The molecule has 0 saturated heterocycles. The predicted octanol–water partition coefficient (Wildman–Crippen LogP) is 0.491. The van der Waals surface area contributed by atoms with Gasteiger partial charge in [-0.15, -0.1) is 0 Å². The lowest BCUT2D eigenvalue weighted by atomic mass is 10.0. The normalized spacial score (nSPS) is 14.4. The van der Waals surface area contributed by atoms with Crippen molar-refractivity contribution < 1.29 is 24.3 Å². The number of hydrogen-bond acceptors (Lipinski definition) is 7. The zero-order chi connectivity index (χ0) is 26.6. The number of carboxylic acid groups (broad SMARTS) is 1. The molecule has 0 saturated carbocycles. The average molecular weight is 501 g/mol. The molecule has 0 aromatic rings. The number of nitrogens with two attached hydrogens (primary N) is 3. The predicted molar refractivity (Wildman–Crippen MR) is 136 cm³/mol. The average Bonchev–Trinajstić information content (AvgIpc) is 2.83. The summed E-state index contributed by atoms with van der Waals surface area (Å²) >= 11 is 0. The lowest BCUT2D eigenvalue weighted by Crippen LogP contribution is -2.57. The highest BCUT2D eigenvalue weighted by molar-refractivity contribution is 5.94. The van der Waals surface area contributed by atoms with Crippen LogP contribution in [-0.2, 0) is 19.2 Å². The molecule has 11 heteroatoms. The number of unbranched alkanes of at least 4 members (excludes halogenated alkanes) is 4. The highest BCUT2D eigenvalue weighted by atomic mass is 16.4. The van der Waals surface area contributed by atoms with E-state index < -0.39 is 47.9 Å². The van der Waals surface area contributed by atoms with Crippen LogP contribution in [0.25, 0.3) is 0 Å². The summed E-state index contributed by atoms with van der Waals surface area (Å²) in [5, 5.41) is 17.5. The second kappa shape index (κ2) is 20.0. The van der Waals surface area contributed by atoms with Crippen LogP contribution in [0.2, 0.25) is 0 Å². The molecule has 0 fully saturated rings. The molecule has 0 heterocycles. The van der Waals surface area contributed by atoms with E-state index in [0.717, 1.165) is 19.3 Å². The zero-order valence-electron chi connectivity index (χ0n) is 21.5. The summed E-state index contributed by atoms with van der Waals surface area (Å²) in [7, 11) is 0. The molecule has 0 spiro atoms. The van der Waals surface area contributed by atoms with Gasteiger partial charge in [-0.3, -0.25) is 14.4 Å².